The van der Waals surface area contributed by atoms with Crippen molar-refractivity contribution in [2.75, 3.05) is 6.54 Å². The van der Waals surface area contributed by atoms with E-state index < -0.39 is 0 Å². The molecule has 0 fully saturated rings. The minimum Gasteiger partial charge on any atom is -0.348 e. The first-order valence-corrected chi connectivity index (χ1v) is 5.17. The Bertz CT molecular complexity index is 328. The van der Waals surface area contributed by atoms with Gasteiger partial charge in [0, 0.05) is 4.47 Å². The highest BCUT2D eigenvalue weighted by atomic mass is 79.9. The van der Waals surface area contributed by atoms with Crippen molar-refractivity contribution < 1.29 is 4.79 Å². The number of rotatable bonds is 3. The maximum Gasteiger partial charge on any atom is 0.234 e. The molecule has 1 amide bonds. The molecule has 0 spiro atoms. The third-order valence-corrected chi connectivity index (χ3v) is 2.40. The summed E-state index contributed by atoms with van der Waals surface area (Å²) in [4.78, 5) is 11.0. The monoisotopic (exact) mass is 256 g/mol. The van der Waals surface area contributed by atoms with Crippen LogP contribution in [0.3, 0.4) is 0 Å². The molecule has 1 aromatic rings. The van der Waals surface area contributed by atoms with Crippen molar-refractivity contribution in [1.82, 2.24) is 5.32 Å². The lowest BCUT2D eigenvalue weighted by molar-refractivity contribution is -0.120. The molecule has 1 rings (SSSR count). The van der Waals surface area contributed by atoms with E-state index in [4.69, 9.17) is 5.73 Å². The zero-order valence-electron chi connectivity index (χ0n) is 7.96. The molecule has 0 aliphatic heterocycles. The van der Waals surface area contributed by atoms with Crippen molar-refractivity contribution in [2.45, 2.75) is 13.0 Å². The lowest BCUT2D eigenvalue weighted by Crippen LogP contribution is -2.32. The van der Waals surface area contributed by atoms with Gasteiger partial charge in [0.1, 0.15) is 0 Å². The fraction of sp³-hybridized carbons (Fsp3) is 0.300. The summed E-state index contributed by atoms with van der Waals surface area (Å²) in [5.41, 5.74) is 6.26. The molecule has 0 aliphatic rings. The maximum atomic E-state index is 11.0. The van der Waals surface area contributed by atoms with Crippen molar-refractivity contribution >= 4 is 21.8 Å². The van der Waals surface area contributed by atoms with Crippen LogP contribution in [0.4, 0.5) is 0 Å². The smallest absolute Gasteiger partial charge is 0.234 e. The topological polar surface area (TPSA) is 55.1 Å². The molecular weight excluding hydrogens is 244 g/mol. The number of carbonyl (C=O) groups is 1. The number of hydrogen-bond acceptors (Lipinski definition) is 2. The number of hydrogen-bond donors (Lipinski definition) is 2. The number of halogens is 1. The second kappa shape index (κ2) is 5.12. The van der Waals surface area contributed by atoms with Crippen LogP contribution in [-0.4, -0.2) is 12.5 Å². The molecule has 0 radical (unpaired) electrons. The fourth-order valence-corrected chi connectivity index (χ4v) is 1.58. The minimum atomic E-state index is -0.141. The molecule has 14 heavy (non-hydrogen) atoms. The molecule has 3 N–H and O–H groups in total. The molecule has 1 unspecified atom stereocenters. The molecule has 0 heterocycles. The Hall–Kier alpha value is -0.870. The summed E-state index contributed by atoms with van der Waals surface area (Å²) < 4.78 is 1.00. The lowest BCUT2D eigenvalue weighted by atomic mass is 10.1. The normalized spacial score (nSPS) is 12.2. The standard InChI is InChI=1S/C10H13BrN2O/c1-7(13-10(14)6-12)8-3-2-4-9(11)5-8/h2-5,7H,6,12H2,1H3,(H,13,14). The summed E-state index contributed by atoms with van der Waals surface area (Å²) >= 11 is 3.38. The Morgan fingerprint density at radius 3 is 2.93 bits per heavy atom. The number of benzene rings is 1. The molecule has 0 aromatic heterocycles. The van der Waals surface area contributed by atoms with Crippen molar-refractivity contribution in [1.29, 1.82) is 0 Å². The van der Waals surface area contributed by atoms with E-state index in [1.54, 1.807) is 0 Å². The van der Waals surface area contributed by atoms with Crippen LogP contribution in [0.1, 0.15) is 18.5 Å². The zero-order chi connectivity index (χ0) is 10.6. The summed E-state index contributed by atoms with van der Waals surface area (Å²) in [5.74, 6) is -0.141. The van der Waals surface area contributed by atoms with Crippen LogP contribution in [0.25, 0.3) is 0 Å². The third-order valence-electron chi connectivity index (χ3n) is 1.91. The third kappa shape index (κ3) is 3.12. The minimum absolute atomic E-state index is 0.0106. The molecule has 1 atom stereocenters. The molecule has 1 aromatic carbocycles. The first-order valence-electron chi connectivity index (χ1n) is 4.38. The van der Waals surface area contributed by atoms with Gasteiger partial charge in [0.2, 0.25) is 5.91 Å². The Labute approximate surface area is 91.8 Å². The highest BCUT2D eigenvalue weighted by Gasteiger charge is 2.07. The predicted octanol–water partition coefficient (Wildman–Crippen LogP) is 1.58. The first kappa shape index (κ1) is 11.2. The molecule has 0 saturated heterocycles. The van der Waals surface area contributed by atoms with Gasteiger partial charge in [-0.3, -0.25) is 4.79 Å². The average molecular weight is 257 g/mol. The quantitative estimate of drug-likeness (QED) is 0.863. The first-order chi connectivity index (χ1) is 6.63. The van der Waals surface area contributed by atoms with E-state index in [1.807, 2.05) is 31.2 Å². The predicted molar refractivity (Wildman–Crippen MR) is 59.8 cm³/mol. The Morgan fingerprint density at radius 1 is 1.64 bits per heavy atom. The van der Waals surface area contributed by atoms with Crippen molar-refractivity contribution in [3.05, 3.63) is 34.3 Å². The van der Waals surface area contributed by atoms with Gasteiger partial charge < -0.3 is 11.1 Å². The number of nitrogens with one attached hydrogen (secondary N) is 1. The van der Waals surface area contributed by atoms with Gasteiger partial charge in [0.25, 0.3) is 0 Å². The van der Waals surface area contributed by atoms with E-state index >= 15 is 0 Å². The molecule has 0 bridgehead atoms. The summed E-state index contributed by atoms with van der Waals surface area (Å²) in [6.07, 6.45) is 0. The van der Waals surface area contributed by atoms with Gasteiger partial charge in [0.15, 0.2) is 0 Å². The van der Waals surface area contributed by atoms with Gasteiger partial charge in [-0.05, 0) is 24.6 Å². The van der Waals surface area contributed by atoms with Crippen molar-refractivity contribution in [2.24, 2.45) is 5.73 Å². The highest BCUT2D eigenvalue weighted by molar-refractivity contribution is 9.10. The van der Waals surface area contributed by atoms with Gasteiger partial charge in [-0.25, -0.2) is 0 Å². The summed E-state index contributed by atoms with van der Waals surface area (Å²) in [6.45, 7) is 1.95. The van der Waals surface area contributed by atoms with E-state index in [-0.39, 0.29) is 18.5 Å². The molecular formula is C10H13BrN2O. The zero-order valence-corrected chi connectivity index (χ0v) is 9.54. The molecule has 4 heteroatoms. The van der Waals surface area contributed by atoms with E-state index in [0.29, 0.717) is 0 Å². The highest BCUT2D eigenvalue weighted by Crippen LogP contribution is 2.17. The van der Waals surface area contributed by atoms with Gasteiger partial charge in [-0.15, -0.1) is 0 Å². The van der Waals surface area contributed by atoms with Gasteiger partial charge in [-0.2, -0.15) is 0 Å². The van der Waals surface area contributed by atoms with Crippen molar-refractivity contribution in [3.8, 4) is 0 Å². The van der Waals surface area contributed by atoms with E-state index in [0.717, 1.165) is 10.0 Å². The summed E-state index contributed by atoms with van der Waals surface area (Å²) in [5, 5.41) is 2.79. The Morgan fingerprint density at radius 2 is 2.36 bits per heavy atom. The largest absolute Gasteiger partial charge is 0.348 e. The molecule has 76 valence electrons. The van der Waals surface area contributed by atoms with Crippen LogP contribution in [0.15, 0.2) is 28.7 Å². The SMILES string of the molecule is CC(NC(=O)CN)c1cccc(Br)c1. The second-order valence-electron chi connectivity index (χ2n) is 3.05. The lowest BCUT2D eigenvalue weighted by Gasteiger charge is -2.13. The van der Waals surface area contributed by atoms with E-state index in [2.05, 4.69) is 21.2 Å². The number of carbonyl (C=O) groups excluding carboxylic acids is 1. The van der Waals surface area contributed by atoms with Gasteiger partial charge in [0.05, 0.1) is 12.6 Å². The van der Waals surface area contributed by atoms with Crippen LogP contribution < -0.4 is 11.1 Å². The molecule has 3 nitrogen and oxygen atoms in total. The van der Waals surface area contributed by atoms with Crippen LogP contribution in [0.2, 0.25) is 0 Å². The summed E-state index contributed by atoms with van der Waals surface area (Å²) in [6, 6.07) is 7.81. The maximum absolute atomic E-state index is 11.0. The van der Waals surface area contributed by atoms with Gasteiger partial charge in [-0.1, -0.05) is 28.1 Å². The van der Waals surface area contributed by atoms with E-state index in [9.17, 15) is 4.79 Å². The fourth-order valence-electron chi connectivity index (χ4n) is 1.16. The van der Waals surface area contributed by atoms with Crippen LogP contribution in [-0.2, 0) is 4.79 Å². The van der Waals surface area contributed by atoms with Crippen LogP contribution in [0.5, 0.6) is 0 Å². The average Bonchev–Trinajstić information content (AvgIpc) is 2.17. The van der Waals surface area contributed by atoms with Crippen molar-refractivity contribution in [3.63, 3.8) is 0 Å². The number of nitrogens with two attached hydrogens (primary N) is 1. The van der Waals surface area contributed by atoms with Crippen LogP contribution >= 0.6 is 15.9 Å². The Kier molecular flexibility index (Phi) is 4.10. The van der Waals surface area contributed by atoms with E-state index in [1.165, 1.54) is 0 Å². The summed E-state index contributed by atoms with van der Waals surface area (Å²) in [7, 11) is 0. The second-order valence-corrected chi connectivity index (χ2v) is 3.96. The van der Waals surface area contributed by atoms with Crippen LogP contribution in [0, 0.1) is 0 Å². The van der Waals surface area contributed by atoms with Gasteiger partial charge >= 0.3 is 0 Å². The molecule has 0 saturated carbocycles. The number of amides is 1. The molecule has 0 aliphatic carbocycles. The Balaban J connectivity index is 2.69.